The van der Waals surface area contributed by atoms with Crippen molar-refractivity contribution in [3.05, 3.63) is 70.6 Å². The lowest BCUT2D eigenvalue weighted by atomic mass is 9.94. The molecule has 0 aliphatic carbocycles. The molecule has 30 heavy (non-hydrogen) atoms. The third-order valence-corrected chi connectivity index (χ3v) is 5.12. The van der Waals surface area contributed by atoms with Gasteiger partial charge in [0, 0.05) is 22.0 Å². The van der Waals surface area contributed by atoms with Crippen molar-refractivity contribution in [2.45, 2.75) is 13.0 Å². The fourth-order valence-corrected chi connectivity index (χ4v) is 3.66. The third kappa shape index (κ3) is 3.46. The monoisotopic (exact) mass is 425 g/mol. The highest BCUT2D eigenvalue weighted by atomic mass is 35.5. The minimum Gasteiger partial charge on any atom is -0.493 e. The number of anilines is 2. The number of ether oxygens (including phenoxy) is 2. The number of benzene rings is 2. The van der Waals surface area contributed by atoms with Crippen LogP contribution in [0.1, 0.15) is 18.5 Å². The second kappa shape index (κ2) is 8.08. The summed E-state index contributed by atoms with van der Waals surface area (Å²) in [6.45, 7) is 1.83. The molecular weight excluding hydrogens is 406 g/mol. The van der Waals surface area contributed by atoms with Crippen LogP contribution in [0.3, 0.4) is 0 Å². The Hall–Kier alpha value is -3.52. The van der Waals surface area contributed by atoms with Crippen molar-refractivity contribution in [2.24, 2.45) is 0 Å². The Morgan fingerprint density at radius 2 is 1.93 bits per heavy atom. The Bertz CT molecular complexity index is 1120. The number of allylic oxidation sites excluding steroid dienone is 1. The third-order valence-electron chi connectivity index (χ3n) is 4.87. The van der Waals surface area contributed by atoms with Crippen molar-refractivity contribution in [1.29, 1.82) is 0 Å². The molecule has 8 nitrogen and oxygen atoms in total. The molecule has 9 heteroatoms. The molecule has 3 aromatic rings. The first-order valence-electron chi connectivity index (χ1n) is 9.18. The number of para-hydroxylation sites is 1. The van der Waals surface area contributed by atoms with E-state index < -0.39 is 6.04 Å². The fraction of sp³-hybridized carbons (Fsp3) is 0.190. The minimum atomic E-state index is -0.568. The van der Waals surface area contributed by atoms with E-state index in [4.69, 9.17) is 21.1 Å². The molecule has 0 bridgehead atoms. The van der Waals surface area contributed by atoms with Crippen LogP contribution >= 0.6 is 11.6 Å². The molecular formula is C21H20ClN5O3. The van der Waals surface area contributed by atoms with Crippen LogP contribution in [0, 0.1) is 0 Å². The van der Waals surface area contributed by atoms with Crippen molar-refractivity contribution in [3.8, 4) is 11.5 Å². The maximum absolute atomic E-state index is 13.4. The number of nitrogens with one attached hydrogen (secondary N) is 2. The molecule has 1 aromatic heterocycles. The quantitative estimate of drug-likeness (QED) is 0.644. The van der Waals surface area contributed by atoms with Gasteiger partial charge in [-0.1, -0.05) is 23.7 Å². The van der Waals surface area contributed by atoms with Crippen molar-refractivity contribution in [1.82, 2.24) is 14.8 Å². The molecule has 0 unspecified atom stereocenters. The van der Waals surface area contributed by atoms with Gasteiger partial charge >= 0.3 is 0 Å². The highest BCUT2D eigenvalue weighted by Gasteiger charge is 2.35. The number of aromatic nitrogens is 3. The molecule has 4 rings (SSSR count). The number of carbonyl (C=O) groups excluding carboxylic acids is 1. The second-order valence-corrected chi connectivity index (χ2v) is 7.07. The smallest absolute Gasteiger partial charge is 0.255 e. The lowest BCUT2D eigenvalue weighted by molar-refractivity contribution is -0.113. The van der Waals surface area contributed by atoms with Gasteiger partial charge in [-0.25, -0.2) is 4.68 Å². The van der Waals surface area contributed by atoms with Crippen LogP contribution in [-0.4, -0.2) is 34.9 Å². The van der Waals surface area contributed by atoms with Crippen LogP contribution in [-0.2, 0) is 4.79 Å². The minimum absolute atomic E-state index is 0.279. The number of hydrogen-bond donors (Lipinski definition) is 2. The average molecular weight is 426 g/mol. The van der Waals surface area contributed by atoms with E-state index in [1.165, 1.54) is 6.33 Å². The van der Waals surface area contributed by atoms with Gasteiger partial charge in [0.1, 0.15) is 12.4 Å². The lowest BCUT2D eigenvalue weighted by Crippen LogP contribution is -2.31. The number of halogens is 1. The zero-order chi connectivity index (χ0) is 21.3. The van der Waals surface area contributed by atoms with Gasteiger partial charge in [-0.05, 0) is 37.3 Å². The zero-order valence-corrected chi connectivity index (χ0v) is 17.4. The summed E-state index contributed by atoms with van der Waals surface area (Å²) in [5.74, 6) is 1.34. The molecule has 1 aliphatic rings. The van der Waals surface area contributed by atoms with Gasteiger partial charge in [-0.3, -0.25) is 4.79 Å². The highest BCUT2D eigenvalue weighted by molar-refractivity contribution is 6.30. The molecule has 2 aromatic carbocycles. The standard InChI is InChI=1S/C21H20ClN5O3/c1-12-17(20(28)26-14-9-7-13(22)8-10-14)18(27-21(25-12)23-11-24-27)15-5-4-6-16(29-2)19(15)30-3/h4-11,18H,1-3H3,(H,26,28)(H,23,24,25)/t18-/m0/s1. The molecule has 0 fully saturated rings. The van der Waals surface area contributed by atoms with E-state index in [2.05, 4.69) is 20.7 Å². The number of methoxy groups -OCH3 is 2. The number of nitrogens with zero attached hydrogens (tertiary/aromatic N) is 3. The second-order valence-electron chi connectivity index (χ2n) is 6.64. The average Bonchev–Trinajstić information content (AvgIpc) is 3.21. The van der Waals surface area contributed by atoms with E-state index in [1.54, 1.807) is 49.2 Å². The first-order valence-corrected chi connectivity index (χ1v) is 9.56. The molecule has 2 heterocycles. The van der Waals surface area contributed by atoms with Gasteiger partial charge in [0.2, 0.25) is 5.95 Å². The number of hydrogen-bond acceptors (Lipinski definition) is 6. The predicted octanol–water partition coefficient (Wildman–Crippen LogP) is 3.88. The summed E-state index contributed by atoms with van der Waals surface area (Å²) in [6, 6.07) is 11.9. The Morgan fingerprint density at radius 3 is 2.63 bits per heavy atom. The topological polar surface area (TPSA) is 90.3 Å². The van der Waals surface area contributed by atoms with Crippen molar-refractivity contribution in [2.75, 3.05) is 24.9 Å². The Kier molecular flexibility index (Phi) is 5.33. The molecule has 0 spiro atoms. The summed E-state index contributed by atoms with van der Waals surface area (Å²) in [5, 5.41) is 11.0. The first-order chi connectivity index (χ1) is 14.5. The highest BCUT2D eigenvalue weighted by Crippen LogP contribution is 2.42. The Morgan fingerprint density at radius 1 is 1.17 bits per heavy atom. The molecule has 1 aliphatic heterocycles. The zero-order valence-electron chi connectivity index (χ0n) is 16.6. The summed E-state index contributed by atoms with van der Waals surface area (Å²) < 4.78 is 12.7. The number of carbonyl (C=O) groups is 1. The molecule has 154 valence electrons. The van der Waals surface area contributed by atoms with E-state index in [0.29, 0.717) is 39.4 Å². The van der Waals surface area contributed by atoms with Crippen LogP contribution in [0.25, 0.3) is 0 Å². The maximum atomic E-state index is 13.4. The first kappa shape index (κ1) is 19.8. The predicted molar refractivity (Wildman–Crippen MR) is 114 cm³/mol. The van der Waals surface area contributed by atoms with E-state index in [1.807, 2.05) is 19.1 Å². The van der Waals surface area contributed by atoms with Crippen LogP contribution in [0.4, 0.5) is 11.6 Å². The molecule has 0 saturated carbocycles. The maximum Gasteiger partial charge on any atom is 0.255 e. The lowest BCUT2D eigenvalue weighted by Gasteiger charge is -2.30. The van der Waals surface area contributed by atoms with Crippen LogP contribution < -0.4 is 20.1 Å². The molecule has 2 N–H and O–H groups in total. The SMILES string of the molecule is COc1cccc([C@H]2C(C(=O)Nc3ccc(Cl)cc3)=C(C)Nc3ncnn32)c1OC. The van der Waals surface area contributed by atoms with E-state index >= 15 is 0 Å². The van der Waals surface area contributed by atoms with Crippen molar-refractivity contribution >= 4 is 29.1 Å². The number of fused-ring (bicyclic) bond motifs is 1. The Labute approximate surface area is 178 Å². The van der Waals surface area contributed by atoms with Crippen molar-refractivity contribution < 1.29 is 14.3 Å². The van der Waals surface area contributed by atoms with E-state index in [0.717, 1.165) is 5.56 Å². The van der Waals surface area contributed by atoms with E-state index in [9.17, 15) is 4.79 Å². The summed E-state index contributed by atoms with van der Waals surface area (Å²) >= 11 is 5.95. The van der Waals surface area contributed by atoms with Crippen LogP contribution in [0.15, 0.2) is 60.1 Å². The van der Waals surface area contributed by atoms with Gasteiger partial charge in [-0.15, -0.1) is 0 Å². The Balaban J connectivity index is 1.82. The normalized spacial score (nSPS) is 15.3. The van der Waals surface area contributed by atoms with Crippen LogP contribution in [0.2, 0.25) is 5.02 Å². The van der Waals surface area contributed by atoms with Crippen LogP contribution in [0.5, 0.6) is 11.5 Å². The number of amides is 1. The van der Waals surface area contributed by atoms with Gasteiger partial charge in [0.15, 0.2) is 11.5 Å². The van der Waals surface area contributed by atoms with Gasteiger partial charge < -0.3 is 20.1 Å². The molecule has 0 radical (unpaired) electrons. The fourth-order valence-electron chi connectivity index (χ4n) is 3.53. The van der Waals surface area contributed by atoms with E-state index in [-0.39, 0.29) is 5.91 Å². The summed E-state index contributed by atoms with van der Waals surface area (Å²) in [5.41, 5.74) is 2.50. The summed E-state index contributed by atoms with van der Waals surface area (Å²) in [7, 11) is 3.13. The summed E-state index contributed by atoms with van der Waals surface area (Å²) in [4.78, 5) is 17.6. The summed E-state index contributed by atoms with van der Waals surface area (Å²) in [6.07, 6.45) is 1.44. The van der Waals surface area contributed by atoms with Gasteiger partial charge in [0.05, 0.1) is 19.8 Å². The largest absolute Gasteiger partial charge is 0.493 e. The van der Waals surface area contributed by atoms with Gasteiger partial charge in [0.25, 0.3) is 5.91 Å². The van der Waals surface area contributed by atoms with Gasteiger partial charge in [-0.2, -0.15) is 10.1 Å². The molecule has 0 saturated heterocycles. The molecule has 1 amide bonds. The van der Waals surface area contributed by atoms with Crippen molar-refractivity contribution in [3.63, 3.8) is 0 Å². The molecule has 1 atom stereocenters. The number of rotatable bonds is 5.